The van der Waals surface area contributed by atoms with Gasteiger partial charge in [0, 0.05) is 24.7 Å². The fourth-order valence-corrected chi connectivity index (χ4v) is 2.54. The highest BCUT2D eigenvalue weighted by Crippen LogP contribution is 2.23. The first-order valence-electron chi connectivity index (χ1n) is 7.02. The predicted octanol–water partition coefficient (Wildman–Crippen LogP) is 2.89. The molecule has 0 saturated carbocycles. The Morgan fingerprint density at radius 1 is 1.31 bits per heavy atom. The van der Waals surface area contributed by atoms with Crippen LogP contribution in [0.5, 0.6) is 0 Å². The first-order valence-corrected chi connectivity index (χ1v) is 7.02. The summed E-state index contributed by atoms with van der Waals surface area (Å²) in [6.07, 6.45) is 3.82. The number of nitrogens with one attached hydrogen (secondary N) is 1. The van der Waals surface area contributed by atoms with Crippen molar-refractivity contribution in [3.05, 3.63) is 0 Å². The average Bonchev–Trinajstić information content (AvgIpc) is 2.28. The van der Waals surface area contributed by atoms with Gasteiger partial charge in [-0.25, -0.2) is 0 Å². The Labute approximate surface area is 102 Å². The van der Waals surface area contributed by atoms with E-state index in [9.17, 15) is 0 Å². The van der Waals surface area contributed by atoms with Crippen molar-refractivity contribution in [2.24, 2.45) is 5.92 Å². The topological polar surface area (TPSA) is 15.3 Å². The van der Waals surface area contributed by atoms with Crippen molar-refractivity contribution >= 4 is 0 Å². The fourth-order valence-electron chi connectivity index (χ4n) is 2.54. The molecule has 0 aliphatic carbocycles. The molecule has 2 nitrogen and oxygen atoms in total. The zero-order valence-corrected chi connectivity index (χ0v) is 11.8. The largest absolute Gasteiger partial charge is 0.308 e. The van der Waals surface area contributed by atoms with Crippen LogP contribution in [-0.4, -0.2) is 36.1 Å². The minimum Gasteiger partial charge on any atom is -0.308 e. The van der Waals surface area contributed by atoms with Gasteiger partial charge in [-0.3, -0.25) is 4.90 Å². The van der Waals surface area contributed by atoms with Gasteiger partial charge in [0.1, 0.15) is 0 Å². The van der Waals surface area contributed by atoms with Crippen molar-refractivity contribution in [2.45, 2.75) is 65.5 Å². The van der Waals surface area contributed by atoms with E-state index in [0.717, 1.165) is 12.5 Å². The van der Waals surface area contributed by atoms with E-state index < -0.39 is 0 Å². The second-order valence-corrected chi connectivity index (χ2v) is 5.87. The first kappa shape index (κ1) is 14.0. The van der Waals surface area contributed by atoms with Gasteiger partial charge in [-0.2, -0.15) is 0 Å². The van der Waals surface area contributed by atoms with Crippen LogP contribution in [0.1, 0.15) is 53.9 Å². The summed E-state index contributed by atoms with van der Waals surface area (Å²) in [5, 5.41) is 3.76. The van der Waals surface area contributed by atoms with Gasteiger partial charge in [-0.1, -0.05) is 27.7 Å². The summed E-state index contributed by atoms with van der Waals surface area (Å²) in [4.78, 5) is 2.68. The third-order valence-corrected chi connectivity index (χ3v) is 4.25. The summed E-state index contributed by atoms with van der Waals surface area (Å²) in [5.74, 6) is 0.819. The number of hydrogen-bond acceptors (Lipinski definition) is 2. The quantitative estimate of drug-likeness (QED) is 0.775. The molecule has 0 amide bonds. The number of piperazine rings is 1. The Balaban J connectivity index is 2.54. The van der Waals surface area contributed by atoms with Gasteiger partial charge < -0.3 is 5.32 Å². The molecule has 1 rings (SSSR count). The molecule has 1 N–H and O–H groups in total. The maximum Gasteiger partial charge on any atom is 0.0304 e. The van der Waals surface area contributed by atoms with E-state index in [-0.39, 0.29) is 0 Å². The Hall–Kier alpha value is -0.0800. The number of hydrogen-bond donors (Lipinski definition) is 1. The van der Waals surface area contributed by atoms with Crippen LogP contribution in [0.25, 0.3) is 0 Å². The molecule has 1 aliphatic rings. The van der Waals surface area contributed by atoms with Crippen LogP contribution >= 0.6 is 0 Å². The molecule has 1 heterocycles. The second-order valence-electron chi connectivity index (χ2n) is 5.87. The van der Waals surface area contributed by atoms with Crippen LogP contribution in [0.2, 0.25) is 0 Å². The highest BCUT2D eigenvalue weighted by molar-refractivity contribution is 4.95. The summed E-state index contributed by atoms with van der Waals surface area (Å²) in [6, 6.07) is 0.699. The van der Waals surface area contributed by atoms with Crippen LogP contribution in [0.4, 0.5) is 0 Å². The fraction of sp³-hybridized carbons (Fsp3) is 1.00. The third kappa shape index (κ3) is 3.46. The highest BCUT2D eigenvalue weighted by atomic mass is 15.2. The third-order valence-electron chi connectivity index (χ3n) is 4.25. The molecule has 1 aliphatic heterocycles. The van der Waals surface area contributed by atoms with E-state index in [1.165, 1.54) is 32.4 Å². The number of rotatable bonds is 5. The van der Waals surface area contributed by atoms with E-state index >= 15 is 0 Å². The molecular weight excluding hydrogens is 196 g/mol. The van der Waals surface area contributed by atoms with Gasteiger partial charge >= 0.3 is 0 Å². The molecule has 16 heavy (non-hydrogen) atoms. The lowest BCUT2D eigenvalue weighted by atomic mass is 9.88. The lowest BCUT2D eigenvalue weighted by Gasteiger charge is -2.46. The van der Waals surface area contributed by atoms with Crippen LogP contribution in [0.15, 0.2) is 0 Å². The Bertz CT molecular complexity index is 197. The average molecular weight is 226 g/mol. The Kier molecular flexibility index (Phi) is 5.26. The monoisotopic (exact) mass is 226 g/mol. The minimum atomic E-state index is 0.378. The van der Waals surface area contributed by atoms with Gasteiger partial charge in [-0.05, 0) is 38.6 Å². The molecule has 1 saturated heterocycles. The molecule has 0 aromatic carbocycles. The molecule has 0 spiro atoms. The molecule has 96 valence electrons. The van der Waals surface area contributed by atoms with Gasteiger partial charge in [0.15, 0.2) is 0 Å². The summed E-state index contributed by atoms with van der Waals surface area (Å²) in [6.45, 7) is 15.3. The molecular formula is C14H30N2. The van der Waals surface area contributed by atoms with E-state index in [2.05, 4.69) is 44.8 Å². The van der Waals surface area contributed by atoms with E-state index in [4.69, 9.17) is 0 Å². The van der Waals surface area contributed by atoms with Crippen LogP contribution in [-0.2, 0) is 0 Å². The van der Waals surface area contributed by atoms with E-state index in [0.29, 0.717) is 11.6 Å². The van der Waals surface area contributed by atoms with Crippen LogP contribution in [0, 0.1) is 5.92 Å². The lowest BCUT2D eigenvalue weighted by Crippen LogP contribution is -2.63. The molecule has 1 atom stereocenters. The normalized spacial score (nSPS) is 26.2. The van der Waals surface area contributed by atoms with Crippen molar-refractivity contribution in [3.8, 4) is 0 Å². The maximum absolute atomic E-state index is 3.76. The molecule has 1 fully saturated rings. The SMILES string of the molecule is CCC1(CC)CN(CCC(C)C)C(C)CN1. The zero-order valence-electron chi connectivity index (χ0n) is 11.8. The van der Waals surface area contributed by atoms with Crippen molar-refractivity contribution in [3.63, 3.8) is 0 Å². The van der Waals surface area contributed by atoms with E-state index in [1.54, 1.807) is 0 Å². The van der Waals surface area contributed by atoms with Gasteiger partial charge in [-0.15, -0.1) is 0 Å². The zero-order chi connectivity index (χ0) is 12.2. The number of nitrogens with zero attached hydrogens (tertiary/aromatic N) is 1. The Morgan fingerprint density at radius 3 is 2.44 bits per heavy atom. The predicted molar refractivity (Wildman–Crippen MR) is 71.8 cm³/mol. The lowest BCUT2D eigenvalue weighted by molar-refractivity contribution is 0.0769. The van der Waals surface area contributed by atoms with Crippen molar-refractivity contribution in [1.29, 1.82) is 0 Å². The first-order chi connectivity index (χ1) is 7.53. The molecule has 2 heteroatoms. The highest BCUT2D eigenvalue weighted by Gasteiger charge is 2.34. The summed E-state index contributed by atoms with van der Waals surface area (Å²) in [7, 11) is 0. The molecule has 0 aromatic heterocycles. The van der Waals surface area contributed by atoms with E-state index in [1.807, 2.05) is 0 Å². The van der Waals surface area contributed by atoms with Crippen molar-refractivity contribution in [2.75, 3.05) is 19.6 Å². The standard InChI is InChI=1S/C14H30N2/c1-6-14(7-2)11-16(9-8-12(3)4)13(5)10-15-14/h12-13,15H,6-11H2,1-5H3. The van der Waals surface area contributed by atoms with Gasteiger partial charge in [0.25, 0.3) is 0 Å². The molecule has 0 radical (unpaired) electrons. The smallest absolute Gasteiger partial charge is 0.0304 e. The second kappa shape index (κ2) is 6.02. The van der Waals surface area contributed by atoms with Crippen LogP contribution in [0.3, 0.4) is 0 Å². The summed E-state index contributed by atoms with van der Waals surface area (Å²) >= 11 is 0. The molecule has 0 aromatic rings. The molecule has 1 unspecified atom stereocenters. The van der Waals surface area contributed by atoms with Crippen molar-refractivity contribution < 1.29 is 0 Å². The minimum absolute atomic E-state index is 0.378. The summed E-state index contributed by atoms with van der Waals surface area (Å²) in [5.41, 5.74) is 0.378. The summed E-state index contributed by atoms with van der Waals surface area (Å²) < 4.78 is 0. The van der Waals surface area contributed by atoms with Gasteiger partial charge in [0.2, 0.25) is 0 Å². The van der Waals surface area contributed by atoms with Crippen LogP contribution < -0.4 is 5.32 Å². The Morgan fingerprint density at radius 2 is 1.94 bits per heavy atom. The van der Waals surface area contributed by atoms with Crippen molar-refractivity contribution in [1.82, 2.24) is 10.2 Å². The molecule has 0 bridgehead atoms. The maximum atomic E-state index is 3.76. The van der Waals surface area contributed by atoms with Gasteiger partial charge in [0.05, 0.1) is 0 Å².